The smallest absolute Gasteiger partial charge is 0.263 e. The highest BCUT2D eigenvalue weighted by Gasteiger charge is 2.27. The summed E-state index contributed by atoms with van der Waals surface area (Å²) in [6, 6.07) is 8.68. The van der Waals surface area contributed by atoms with E-state index in [9.17, 15) is 9.59 Å². The first-order chi connectivity index (χ1) is 11.0. The average Bonchev–Trinajstić information content (AvgIpc) is 2.56. The summed E-state index contributed by atoms with van der Waals surface area (Å²) >= 11 is 5.81. The van der Waals surface area contributed by atoms with E-state index in [1.54, 1.807) is 41.0 Å². The molecule has 0 aromatic heterocycles. The third-order valence-corrected chi connectivity index (χ3v) is 3.90. The van der Waals surface area contributed by atoms with Gasteiger partial charge >= 0.3 is 0 Å². The van der Waals surface area contributed by atoms with Crippen LogP contribution in [0.2, 0.25) is 5.02 Å². The molecule has 1 fully saturated rings. The number of nitriles is 1. The van der Waals surface area contributed by atoms with Crippen molar-refractivity contribution >= 4 is 23.4 Å². The summed E-state index contributed by atoms with van der Waals surface area (Å²) in [7, 11) is 0. The Morgan fingerprint density at radius 3 is 2.35 bits per heavy atom. The van der Waals surface area contributed by atoms with E-state index in [4.69, 9.17) is 21.6 Å². The highest BCUT2D eigenvalue weighted by Crippen LogP contribution is 2.17. The van der Waals surface area contributed by atoms with E-state index in [2.05, 4.69) is 0 Å². The Hall–Kier alpha value is -2.26. The normalized spacial score (nSPS) is 15.7. The van der Waals surface area contributed by atoms with Crippen LogP contribution < -0.4 is 4.74 Å². The Labute approximate surface area is 140 Å². The lowest BCUT2D eigenvalue weighted by Gasteiger charge is -2.35. The van der Waals surface area contributed by atoms with Crippen LogP contribution in [-0.2, 0) is 9.59 Å². The lowest BCUT2D eigenvalue weighted by molar-refractivity contribution is -0.143. The molecular formula is C16H18ClN3O3. The summed E-state index contributed by atoms with van der Waals surface area (Å²) < 4.78 is 5.62. The van der Waals surface area contributed by atoms with Gasteiger partial charge < -0.3 is 14.5 Å². The van der Waals surface area contributed by atoms with E-state index < -0.39 is 6.10 Å². The van der Waals surface area contributed by atoms with Crippen molar-refractivity contribution in [3.63, 3.8) is 0 Å². The van der Waals surface area contributed by atoms with E-state index >= 15 is 0 Å². The Kier molecular flexibility index (Phi) is 5.83. The largest absolute Gasteiger partial charge is 0.481 e. The molecule has 122 valence electrons. The van der Waals surface area contributed by atoms with E-state index in [0.717, 1.165) is 0 Å². The summed E-state index contributed by atoms with van der Waals surface area (Å²) in [5, 5.41) is 9.16. The van der Waals surface area contributed by atoms with Gasteiger partial charge in [0.2, 0.25) is 5.91 Å². The Bertz CT molecular complexity index is 604. The Balaban J connectivity index is 1.85. The number of carbonyl (C=O) groups is 2. The Morgan fingerprint density at radius 1 is 1.22 bits per heavy atom. The highest BCUT2D eigenvalue weighted by atomic mass is 35.5. The molecule has 0 radical (unpaired) electrons. The van der Waals surface area contributed by atoms with Crippen molar-refractivity contribution in [2.75, 3.05) is 26.2 Å². The zero-order chi connectivity index (χ0) is 16.8. The number of hydrogen-bond acceptors (Lipinski definition) is 4. The number of nitrogens with zero attached hydrogens (tertiary/aromatic N) is 3. The van der Waals surface area contributed by atoms with Crippen molar-refractivity contribution in [1.29, 1.82) is 5.26 Å². The second-order valence-corrected chi connectivity index (χ2v) is 5.69. The molecule has 1 heterocycles. The molecule has 0 bridgehead atoms. The van der Waals surface area contributed by atoms with E-state index in [0.29, 0.717) is 37.0 Å². The van der Waals surface area contributed by atoms with Crippen LogP contribution in [0.5, 0.6) is 5.75 Å². The van der Waals surface area contributed by atoms with Crippen LogP contribution in [0, 0.1) is 11.3 Å². The van der Waals surface area contributed by atoms with Gasteiger partial charge in [0.25, 0.3) is 5.91 Å². The molecule has 1 aliphatic heterocycles. The fourth-order valence-electron chi connectivity index (χ4n) is 2.38. The van der Waals surface area contributed by atoms with E-state index in [-0.39, 0.29) is 18.2 Å². The third-order valence-electron chi connectivity index (χ3n) is 3.65. The quantitative estimate of drug-likeness (QED) is 0.839. The van der Waals surface area contributed by atoms with Gasteiger partial charge in [0.1, 0.15) is 12.2 Å². The molecule has 23 heavy (non-hydrogen) atoms. The second kappa shape index (κ2) is 7.84. The van der Waals surface area contributed by atoms with Crippen LogP contribution in [0.25, 0.3) is 0 Å². The third kappa shape index (κ3) is 4.60. The van der Waals surface area contributed by atoms with Crippen LogP contribution in [0.15, 0.2) is 24.3 Å². The molecule has 0 spiro atoms. The molecule has 0 saturated carbocycles. The number of carbonyl (C=O) groups excluding carboxylic acids is 2. The van der Waals surface area contributed by atoms with Crippen molar-refractivity contribution in [1.82, 2.24) is 9.80 Å². The average molecular weight is 336 g/mol. The van der Waals surface area contributed by atoms with Gasteiger partial charge in [0.05, 0.1) is 6.07 Å². The standard InChI is InChI=1S/C16H18ClN3O3/c1-12(23-14-4-2-13(17)3-5-14)16(22)20-10-8-19(9-11-20)15(21)6-7-18/h2-5,12H,6,8-11H2,1H3. The zero-order valence-corrected chi connectivity index (χ0v) is 13.6. The maximum Gasteiger partial charge on any atom is 0.263 e. The van der Waals surface area contributed by atoms with Crippen LogP contribution in [0.3, 0.4) is 0 Å². The van der Waals surface area contributed by atoms with Crippen LogP contribution in [0.1, 0.15) is 13.3 Å². The molecule has 2 rings (SSSR count). The van der Waals surface area contributed by atoms with Gasteiger partial charge in [-0.2, -0.15) is 5.26 Å². The predicted molar refractivity (Wildman–Crippen MR) is 84.9 cm³/mol. The molecule has 6 nitrogen and oxygen atoms in total. The number of halogens is 1. The van der Waals surface area contributed by atoms with Gasteiger partial charge in [-0.1, -0.05) is 11.6 Å². The number of benzene rings is 1. The predicted octanol–water partition coefficient (Wildman–Crippen LogP) is 1.69. The van der Waals surface area contributed by atoms with Gasteiger partial charge in [-0.05, 0) is 31.2 Å². The van der Waals surface area contributed by atoms with Crippen LogP contribution in [-0.4, -0.2) is 53.9 Å². The summed E-state index contributed by atoms with van der Waals surface area (Å²) in [5.41, 5.74) is 0. The maximum absolute atomic E-state index is 12.4. The lowest BCUT2D eigenvalue weighted by Crippen LogP contribution is -2.53. The van der Waals surface area contributed by atoms with E-state index in [1.807, 2.05) is 6.07 Å². The molecule has 1 atom stereocenters. The van der Waals surface area contributed by atoms with Crippen molar-refractivity contribution in [3.8, 4) is 11.8 Å². The van der Waals surface area contributed by atoms with Gasteiger partial charge in [0, 0.05) is 31.2 Å². The Morgan fingerprint density at radius 2 is 1.78 bits per heavy atom. The first-order valence-corrected chi connectivity index (χ1v) is 7.75. The first kappa shape index (κ1) is 17.1. The van der Waals surface area contributed by atoms with Crippen LogP contribution >= 0.6 is 11.6 Å². The van der Waals surface area contributed by atoms with Gasteiger partial charge in [-0.3, -0.25) is 9.59 Å². The highest BCUT2D eigenvalue weighted by molar-refractivity contribution is 6.30. The zero-order valence-electron chi connectivity index (χ0n) is 12.9. The van der Waals surface area contributed by atoms with Gasteiger partial charge in [-0.15, -0.1) is 0 Å². The van der Waals surface area contributed by atoms with Crippen molar-refractivity contribution in [2.45, 2.75) is 19.4 Å². The van der Waals surface area contributed by atoms with Crippen molar-refractivity contribution in [3.05, 3.63) is 29.3 Å². The fraction of sp³-hybridized carbons (Fsp3) is 0.438. The number of ether oxygens (including phenoxy) is 1. The molecule has 1 aliphatic rings. The number of piperazine rings is 1. The maximum atomic E-state index is 12.4. The van der Waals surface area contributed by atoms with Crippen LogP contribution in [0.4, 0.5) is 0 Å². The molecule has 1 saturated heterocycles. The first-order valence-electron chi connectivity index (χ1n) is 7.37. The summed E-state index contributed by atoms with van der Waals surface area (Å²) in [4.78, 5) is 27.3. The molecule has 1 aromatic carbocycles. The molecule has 0 aliphatic carbocycles. The molecular weight excluding hydrogens is 318 g/mol. The summed E-state index contributed by atoms with van der Waals surface area (Å²) in [6.45, 7) is 3.48. The monoisotopic (exact) mass is 335 g/mol. The fourth-order valence-corrected chi connectivity index (χ4v) is 2.51. The number of amides is 2. The minimum Gasteiger partial charge on any atom is -0.481 e. The number of hydrogen-bond donors (Lipinski definition) is 0. The molecule has 2 amide bonds. The number of rotatable bonds is 4. The minimum absolute atomic E-state index is 0.118. The molecule has 7 heteroatoms. The van der Waals surface area contributed by atoms with Crippen molar-refractivity contribution < 1.29 is 14.3 Å². The summed E-state index contributed by atoms with van der Waals surface area (Å²) in [6.07, 6.45) is -0.734. The molecule has 1 aromatic rings. The summed E-state index contributed by atoms with van der Waals surface area (Å²) in [5.74, 6) is 0.274. The van der Waals surface area contributed by atoms with Gasteiger partial charge in [-0.25, -0.2) is 0 Å². The topological polar surface area (TPSA) is 73.6 Å². The van der Waals surface area contributed by atoms with E-state index in [1.165, 1.54) is 0 Å². The minimum atomic E-state index is -0.613. The molecule has 1 unspecified atom stereocenters. The molecule has 0 N–H and O–H groups in total. The SMILES string of the molecule is CC(Oc1ccc(Cl)cc1)C(=O)N1CCN(C(=O)CC#N)CC1. The second-order valence-electron chi connectivity index (χ2n) is 5.25. The van der Waals surface area contributed by atoms with Crippen molar-refractivity contribution in [2.24, 2.45) is 0 Å². The lowest BCUT2D eigenvalue weighted by atomic mass is 10.2. The van der Waals surface area contributed by atoms with Gasteiger partial charge in [0.15, 0.2) is 6.10 Å².